The van der Waals surface area contributed by atoms with Crippen molar-refractivity contribution in [3.05, 3.63) is 29.5 Å². The van der Waals surface area contributed by atoms with Gasteiger partial charge in [0.1, 0.15) is 5.75 Å². The number of benzene rings is 1. The molecule has 0 spiro atoms. The number of fused-ring (bicyclic) bond motifs is 1. The molecule has 0 aliphatic heterocycles. The van der Waals surface area contributed by atoms with Gasteiger partial charge < -0.3 is 14.5 Å². The summed E-state index contributed by atoms with van der Waals surface area (Å²) in [6.07, 6.45) is 0.770. The Morgan fingerprint density at radius 3 is 2.70 bits per heavy atom. The average molecular weight is 275 g/mol. The zero-order valence-corrected chi connectivity index (χ0v) is 11.8. The number of rotatable bonds is 4. The van der Waals surface area contributed by atoms with Crippen LogP contribution in [0, 0.1) is 6.92 Å². The average Bonchev–Trinajstić information content (AvgIpc) is 2.70. The van der Waals surface area contributed by atoms with Crippen LogP contribution in [0.2, 0.25) is 0 Å². The number of ether oxygens (including phenoxy) is 2. The number of hydrogen-bond acceptors (Lipinski definition) is 4. The fraction of sp³-hybridized carbons (Fsp3) is 0.333. The fourth-order valence-corrected chi connectivity index (χ4v) is 2.07. The first-order valence-corrected chi connectivity index (χ1v) is 6.50. The Balaban J connectivity index is 2.44. The van der Waals surface area contributed by atoms with E-state index >= 15 is 0 Å². The number of carbonyl (C=O) groups is 2. The van der Waals surface area contributed by atoms with Crippen molar-refractivity contribution in [2.45, 2.75) is 27.2 Å². The van der Waals surface area contributed by atoms with Gasteiger partial charge in [-0.05, 0) is 31.5 Å². The van der Waals surface area contributed by atoms with Crippen molar-refractivity contribution >= 4 is 22.8 Å². The molecule has 0 amide bonds. The molecule has 2 rings (SSSR count). The molecular formula is C15H17NO4. The lowest BCUT2D eigenvalue weighted by Crippen LogP contribution is -2.07. The maximum atomic E-state index is 12.1. The number of hydrogen-bond donors (Lipinski definition) is 1. The predicted molar refractivity (Wildman–Crippen MR) is 74.9 cm³/mol. The van der Waals surface area contributed by atoms with Crippen LogP contribution < -0.4 is 4.74 Å². The van der Waals surface area contributed by atoms with E-state index in [9.17, 15) is 9.59 Å². The van der Waals surface area contributed by atoms with Gasteiger partial charge in [-0.3, -0.25) is 4.79 Å². The van der Waals surface area contributed by atoms with E-state index in [0.717, 1.165) is 17.6 Å². The number of aryl methyl sites for hydroxylation is 1. The number of H-pyrrole nitrogens is 1. The quantitative estimate of drug-likeness (QED) is 0.688. The SMILES string of the molecule is CCCOC(=O)c1c(C)[nH]c2ccc(OC(C)=O)cc12. The van der Waals surface area contributed by atoms with Gasteiger partial charge in [0.2, 0.25) is 0 Å². The van der Waals surface area contributed by atoms with E-state index in [1.807, 2.05) is 13.8 Å². The molecule has 0 fully saturated rings. The van der Waals surface area contributed by atoms with Crippen molar-refractivity contribution in [3.63, 3.8) is 0 Å². The molecule has 5 heteroatoms. The van der Waals surface area contributed by atoms with Crippen LogP contribution in [-0.4, -0.2) is 23.5 Å². The standard InChI is InChI=1S/C15H17NO4/c1-4-7-19-15(18)14-9(2)16-13-6-5-11(8-12(13)14)20-10(3)17/h5-6,8,16H,4,7H2,1-3H3. The van der Waals surface area contributed by atoms with Gasteiger partial charge in [-0.25, -0.2) is 4.79 Å². The summed E-state index contributed by atoms with van der Waals surface area (Å²) in [7, 11) is 0. The maximum Gasteiger partial charge on any atom is 0.340 e. The van der Waals surface area contributed by atoms with E-state index in [2.05, 4.69) is 4.98 Å². The van der Waals surface area contributed by atoms with Crippen molar-refractivity contribution in [3.8, 4) is 5.75 Å². The first-order valence-electron chi connectivity index (χ1n) is 6.50. The van der Waals surface area contributed by atoms with Crippen LogP contribution in [-0.2, 0) is 9.53 Å². The molecule has 0 bridgehead atoms. The summed E-state index contributed by atoms with van der Waals surface area (Å²) in [5, 5.41) is 0.697. The first-order chi connectivity index (χ1) is 9.52. The molecule has 0 aliphatic carbocycles. The topological polar surface area (TPSA) is 68.4 Å². The molecular weight excluding hydrogens is 258 g/mol. The molecule has 1 aromatic heterocycles. The minimum absolute atomic E-state index is 0.365. The third-order valence-corrected chi connectivity index (χ3v) is 2.86. The zero-order valence-electron chi connectivity index (χ0n) is 11.8. The molecule has 5 nitrogen and oxygen atoms in total. The highest BCUT2D eigenvalue weighted by Crippen LogP contribution is 2.27. The Morgan fingerprint density at radius 1 is 1.30 bits per heavy atom. The molecule has 20 heavy (non-hydrogen) atoms. The van der Waals surface area contributed by atoms with Crippen LogP contribution in [0.4, 0.5) is 0 Å². The van der Waals surface area contributed by atoms with E-state index in [4.69, 9.17) is 9.47 Å². The summed E-state index contributed by atoms with van der Waals surface area (Å²) < 4.78 is 10.2. The minimum Gasteiger partial charge on any atom is -0.462 e. The normalized spacial score (nSPS) is 10.6. The molecule has 2 aromatic rings. The predicted octanol–water partition coefficient (Wildman–Crippen LogP) is 2.97. The Hall–Kier alpha value is -2.30. The number of aromatic nitrogens is 1. The van der Waals surface area contributed by atoms with E-state index < -0.39 is 5.97 Å². The van der Waals surface area contributed by atoms with Crippen LogP contribution in [0.1, 0.15) is 36.3 Å². The van der Waals surface area contributed by atoms with Crippen LogP contribution in [0.3, 0.4) is 0 Å². The number of nitrogens with one attached hydrogen (secondary N) is 1. The highest BCUT2D eigenvalue weighted by molar-refractivity contribution is 6.06. The summed E-state index contributed by atoms with van der Waals surface area (Å²) in [6.45, 7) is 5.47. The molecule has 1 aromatic carbocycles. The van der Waals surface area contributed by atoms with Crippen LogP contribution in [0.25, 0.3) is 10.9 Å². The lowest BCUT2D eigenvalue weighted by molar-refractivity contribution is -0.131. The van der Waals surface area contributed by atoms with Gasteiger partial charge in [0.05, 0.1) is 12.2 Å². The molecule has 1 N–H and O–H groups in total. The second kappa shape index (κ2) is 5.77. The van der Waals surface area contributed by atoms with Crippen molar-refractivity contribution in [1.29, 1.82) is 0 Å². The summed E-state index contributed by atoms with van der Waals surface area (Å²) in [6, 6.07) is 5.13. The van der Waals surface area contributed by atoms with Crippen molar-refractivity contribution < 1.29 is 19.1 Å². The zero-order chi connectivity index (χ0) is 14.7. The smallest absolute Gasteiger partial charge is 0.340 e. The number of aromatic amines is 1. The van der Waals surface area contributed by atoms with Gasteiger partial charge in [0.15, 0.2) is 0 Å². The van der Waals surface area contributed by atoms with Crippen molar-refractivity contribution in [2.75, 3.05) is 6.61 Å². The van der Waals surface area contributed by atoms with E-state index in [0.29, 0.717) is 23.3 Å². The fourth-order valence-electron chi connectivity index (χ4n) is 2.07. The Morgan fingerprint density at radius 2 is 2.05 bits per heavy atom. The van der Waals surface area contributed by atoms with Gasteiger partial charge in [-0.15, -0.1) is 0 Å². The molecule has 106 valence electrons. The Bertz CT molecular complexity index is 657. The second-order valence-electron chi connectivity index (χ2n) is 4.56. The first kappa shape index (κ1) is 14.1. The van der Waals surface area contributed by atoms with Crippen molar-refractivity contribution in [1.82, 2.24) is 4.98 Å². The lowest BCUT2D eigenvalue weighted by Gasteiger charge is -2.04. The Labute approximate surface area is 116 Å². The molecule has 1 heterocycles. The van der Waals surface area contributed by atoms with Gasteiger partial charge >= 0.3 is 11.9 Å². The molecule has 0 saturated heterocycles. The highest BCUT2D eigenvalue weighted by atomic mass is 16.5. The third kappa shape index (κ3) is 2.82. The van der Waals surface area contributed by atoms with Gasteiger partial charge in [0.25, 0.3) is 0 Å². The second-order valence-corrected chi connectivity index (χ2v) is 4.56. The van der Waals surface area contributed by atoms with Crippen LogP contribution in [0.15, 0.2) is 18.2 Å². The summed E-state index contributed by atoms with van der Waals surface area (Å²) in [5.74, 6) is -0.351. The monoisotopic (exact) mass is 275 g/mol. The van der Waals surface area contributed by atoms with Gasteiger partial charge in [0, 0.05) is 23.5 Å². The number of carbonyl (C=O) groups excluding carboxylic acids is 2. The molecule has 0 unspecified atom stereocenters. The highest BCUT2D eigenvalue weighted by Gasteiger charge is 2.18. The van der Waals surface area contributed by atoms with E-state index in [1.165, 1.54) is 6.92 Å². The van der Waals surface area contributed by atoms with Crippen LogP contribution >= 0.6 is 0 Å². The summed E-state index contributed by atoms with van der Waals surface area (Å²) in [5.41, 5.74) is 2.03. The van der Waals surface area contributed by atoms with Gasteiger partial charge in [-0.2, -0.15) is 0 Å². The van der Waals surface area contributed by atoms with E-state index in [1.54, 1.807) is 18.2 Å². The number of esters is 2. The summed E-state index contributed by atoms with van der Waals surface area (Å²) >= 11 is 0. The Kier molecular flexibility index (Phi) is 4.08. The molecule has 0 atom stereocenters. The molecule has 0 aliphatic rings. The lowest BCUT2D eigenvalue weighted by atomic mass is 10.1. The largest absolute Gasteiger partial charge is 0.462 e. The van der Waals surface area contributed by atoms with Crippen molar-refractivity contribution in [2.24, 2.45) is 0 Å². The van der Waals surface area contributed by atoms with Gasteiger partial charge in [-0.1, -0.05) is 6.92 Å². The maximum absolute atomic E-state index is 12.1. The minimum atomic E-state index is -0.397. The van der Waals surface area contributed by atoms with Crippen LogP contribution in [0.5, 0.6) is 5.75 Å². The summed E-state index contributed by atoms with van der Waals surface area (Å²) in [4.78, 5) is 26.2. The molecule has 0 saturated carbocycles. The molecule has 0 radical (unpaired) electrons. The van der Waals surface area contributed by atoms with E-state index in [-0.39, 0.29) is 5.97 Å². The third-order valence-electron chi connectivity index (χ3n) is 2.86.